The van der Waals surface area contributed by atoms with Crippen LogP contribution in [0.5, 0.6) is 34.5 Å². The average molecular weight is 1060 g/mol. The van der Waals surface area contributed by atoms with E-state index in [4.69, 9.17) is 33.2 Å². The van der Waals surface area contributed by atoms with Crippen LogP contribution in [-0.4, -0.2) is 90.8 Å². The van der Waals surface area contributed by atoms with Crippen LogP contribution in [0.1, 0.15) is 110 Å². The minimum Gasteiger partial charge on any atom is -0.504 e. The third kappa shape index (κ3) is 12.7. The van der Waals surface area contributed by atoms with E-state index in [1.54, 1.807) is 56.7 Å². The van der Waals surface area contributed by atoms with Gasteiger partial charge in [0.1, 0.15) is 11.4 Å². The summed E-state index contributed by atoms with van der Waals surface area (Å²) >= 11 is 0. The van der Waals surface area contributed by atoms with Crippen molar-refractivity contribution in [3.63, 3.8) is 0 Å². The summed E-state index contributed by atoms with van der Waals surface area (Å²) in [5.41, 5.74) is 4.03. The number of ketones is 3. The Hall–Kier alpha value is -6.15. The molecule has 0 saturated carbocycles. The predicted octanol–water partition coefficient (Wildman–Crippen LogP) is 12.1. The van der Waals surface area contributed by atoms with E-state index in [0.29, 0.717) is 61.9 Å². The first-order valence-corrected chi connectivity index (χ1v) is 27.0. The van der Waals surface area contributed by atoms with Crippen molar-refractivity contribution in [2.75, 3.05) is 41.3 Å². The third-order valence-electron chi connectivity index (χ3n) is 17.0. The molecule has 0 amide bonds. The third-order valence-corrected chi connectivity index (χ3v) is 17.0. The zero-order chi connectivity index (χ0) is 55.0. The Labute approximate surface area is 457 Å². The van der Waals surface area contributed by atoms with Crippen LogP contribution in [0.3, 0.4) is 0 Å². The van der Waals surface area contributed by atoms with Crippen LogP contribution in [0, 0.1) is 41.4 Å². The molecule has 3 saturated heterocycles. The molecule has 10 atom stereocenters. The molecule has 13 nitrogen and oxygen atoms in total. The molecule has 3 heterocycles. The predicted molar refractivity (Wildman–Crippen MR) is 298 cm³/mol. The van der Waals surface area contributed by atoms with E-state index in [9.17, 15) is 29.7 Å². The Morgan fingerprint density at radius 1 is 0.623 bits per heavy atom. The van der Waals surface area contributed by atoms with Crippen molar-refractivity contribution in [1.29, 1.82) is 0 Å². The van der Waals surface area contributed by atoms with Gasteiger partial charge < -0.3 is 48.5 Å². The van der Waals surface area contributed by atoms with Crippen LogP contribution in [0.4, 0.5) is 0 Å². The summed E-state index contributed by atoms with van der Waals surface area (Å²) in [7, 11) is 4.61. The number of phenols is 3. The Balaban J connectivity index is 0.000000186. The van der Waals surface area contributed by atoms with Gasteiger partial charge >= 0.3 is 0 Å². The zero-order valence-corrected chi connectivity index (χ0v) is 45.9. The van der Waals surface area contributed by atoms with Gasteiger partial charge in [-0.2, -0.15) is 0 Å². The van der Waals surface area contributed by atoms with Crippen LogP contribution in [0.2, 0.25) is 0 Å². The van der Waals surface area contributed by atoms with Gasteiger partial charge in [0.2, 0.25) is 0 Å². The number of hydrogen-bond acceptors (Lipinski definition) is 13. The van der Waals surface area contributed by atoms with Crippen molar-refractivity contribution in [2.24, 2.45) is 41.4 Å². The minimum absolute atomic E-state index is 0. The number of fused-ring (bicyclic) bond motifs is 3. The quantitative estimate of drug-likeness (QED) is 0.103. The van der Waals surface area contributed by atoms with E-state index in [1.807, 2.05) is 49.4 Å². The van der Waals surface area contributed by atoms with E-state index < -0.39 is 5.60 Å². The van der Waals surface area contributed by atoms with Crippen LogP contribution >= 0.6 is 0 Å². The Morgan fingerprint density at radius 3 is 1.48 bits per heavy atom. The first kappa shape index (κ1) is 60.1. The molecule has 3 aromatic carbocycles. The first-order chi connectivity index (χ1) is 36.4. The lowest BCUT2D eigenvalue weighted by molar-refractivity contribution is -0.125. The molecule has 0 aromatic heterocycles. The maximum atomic E-state index is 12.5. The zero-order valence-electron chi connectivity index (χ0n) is 45.9. The number of carbonyl (C=O) groups is 3. The fraction of sp³-hybridized carbons (Fsp3) is 0.516. The molecule has 0 bridgehead atoms. The maximum Gasteiger partial charge on any atom is 0.189 e. The number of aromatic hydroxyl groups is 3. The van der Waals surface area contributed by atoms with Crippen molar-refractivity contribution >= 4 is 17.3 Å². The van der Waals surface area contributed by atoms with Gasteiger partial charge in [0.25, 0.3) is 0 Å². The summed E-state index contributed by atoms with van der Waals surface area (Å²) in [6.45, 7) is 19.7. The number of benzene rings is 3. The fourth-order valence-electron chi connectivity index (χ4n) is 12.6. The van der Waals surface area contributed by atoms with Gasteiger partial charge in [-0.05, 0) is 164 Å². The lowest BCUT2D eigenvalue weighted by Gasteiger charge is -2.41. The molecule has 4 unspecified atom stereocenters. The SMILES string of the molecule is C.C=CC(C)[C@H]1C[C@]2(C(C)Cc3ccc(OC)c(O)c3)OCOC2=CC1=O.C=CC[C@H]1C[C@]2(C(C)Cc3ccc(OC)c(O)c3)OCCC2=CC1=O.CCC[C@H]1C[C@]2(C(C)Cc3ccc(OC)c(O)c3)OCCC2=CC1=O. The van der Waals surface area contributed by atoms with Gasteiger partial charge in [-0.15, -0.1) is 13.2 Å². The molecule has 418 valence electrons. The molecular formula is C64H84O13. The molecule has 77 heavy (non-hydrogen) atoms. The van der Waals surface area contributed by atoms with Gasteiger partial charge in [0.05, 0.1) is 45.7 Å². The number of methoxy groups -OCH3 is 3. The highest BCUT2D eigenvalue weighted by molar-refractivity contribution is 5.95. The summed E-state index contributed by atoms with van der Waals surface area (Å²) in [6.07, 6.45) is 17.5. The topological polar surface area (TPSA) is 177 Å². The van der Waals surface area contributed by atoms with Crippen molar-refractivity contribution in [3.05, 3.63) is 132 Å². The van der Waals surface area contributed by atoms with Crippen molar-refractivity contribution in [3.8, 4) is 34.5 Å². The monoisotopic (exact) mass is 1060 g/mol. The largest absolute Gasteiger partial charge is 0.504 e. The summed E-state index contributed by atoms with van der Waals surface area (Å²) in [4.78, 5) is 37.2. The smallest absolute Gasteiger partial charge is 0.189 e. The Morgan fingerprint density at radius 2 is 1.06 bits per heavy atom. The van der Waals surface area contributed by atoms with Crippen LogP contribution < -0.4 is 14.2 Å². The Bertz CT molecular complexity index is 2700. The molecule has 13 heteroatoms. The fourth-order valence-corrected chi connectivity index (χ4v) is 12.6. The first-order valence-electron chi connectivity index (χ1n) is 27.0. The number of rotatable bonds is 18. The molecule has 3 aliphatic heterocycles. The van der Waals surface area contributed by atoms with E-state index in [2.05, 4.69) is 40.9 Å². The second-order valence-corrected chi connectivity index (χ2v) is 21.7. The van der Waals surface area contributed by atoms with Gasteiger partial charge in [0, 0.05) is 23.8 Å². The maximum absolute atomic E-state index is 12.5. The number of hydrogen-bond donors (Lipinski definition) is 3. The van der Waals surface area contributed by atoms with E-state index >= 15 is 0 Å². The molecular weight excluding hydrogens is 977 g/mol. The van der Waals surface area contributed by atoms with Crippen molar-refractivity contribution < 1.29 is 62.9 Å². The van der Waals surface area contributed by atoms with Crippen molar-refractivity contribution in [1.82, 2.24) is 0 Å². The average Bonchev–Trinajstić information content (AvgIpc) is 4.18. The lowest BCUT2D eigenvalue weighted by Crippen LogP contribution is -2.46. The minimum atomic E-state index is -0.620. The number of ether oxygens (including phenoxy) is 7. The second kappa shape index (κ2) is 26.0. The lowest BCUT2D eigenvalue weighted by atomic mass is 9.68. The van der Waals surface area contributed by atoms with E-state index in [1.165, 1.54) is 7.11 Å². The van der Waals surface area contributed by atoms with Gasteiger partial charge in [0.15, 0.2) is 58.6 Å². The van der Waals surface area contributed by atoms with Crippen LogP contribution in [-0.2, 0) is 52.6 Å². The highest BCUT2D eigenvalue weighted by Gasteiger charge is 2.53. The molecule has 0 spiro atoms. The summed E-state index contributed by atoms with van der Waals surface area (Å²) in [5.74, 6) is 3.43. The molecule has 3 aliphatic carbocycles. The van der Waals surface area contributed by atoms with Crippen LogP contribution in [0.15, 0.2) is 115 Å². The molecule has 9 rings (SSSR count). The van der Waals surface area contributed by atoms with Gasteiger partial charge in [-0.3, -0.25) is 14.4 Å². The number of phenolic OH excluding ortho intramolecular Hbond substituents is 3. The summed E-state index contributed by atoms with van der Waals surface area (Å²) < 4.78 is 39.5. The van der Waals surface area contributed by atoms with Gasteiger partial charge in [-0.25, -0.2) is 0 Å². The molecule has 6 aliphatic rings. The van der Waals surface area contributed by atoms with E-state index in [-0.39, 0.29) is 101 Å². The van der Waals surface area contributed by atoms with Crippen LogP contribution in [0.25, 0.3) is 0 Å². The van der Waals surface area contributed by atoms with Gasteiger partial charge in [-0.1, -0.05) is 78.8 Å². The standard InChI is InChI=1S/C21H26O5.C21H28O4.C21H26O4.CH4/c1-5-13(2)16-11-21(20(10-17(16)22)25-12-26-21)14(3)8-15-6-7-19(24-4)18(23)9-15;2*1-4-5-16-13-21(17(8-9-25-21)12-18(16)22)14(2)10-15-6-7-20(24-3)19(23)11-15;/h5-7,9-10,13-14,16,23H,1,8,11-12H2,2-4H3;6-7,11-12,14,16,23H,4-5,8-10,13H2,1-3H3;4,6-7,11-12,14,16,23H,1,5,8-10,13H2,2-3H3;1H4/t13?,14?,16-,21-;2*14?,16-,21+;/m100./s1. The second-order valence-electron chi connectivity index (χ2n) is 21.7. The van der Waals surface area contributed by atoms with Crippen molar-refractivity contribution in [2.45, 2.75) is 129 Å². The highest BCUT2D eigenvalue weighted by Crippen LogP contribution is 2.51. The number of allylic oxidation sites excluding steroid dienone is 5. The summed E-state index contributed by atoms with van der Waals surface area (Å²) in [5, 5.41) is 30.1. The number of carbonyl (C=O) groups excluding carboxylic acids is 3. The normalized spacial score (nSPS) is 26.6. The molecule has 3 N–H and O–H groups in total. The Kier molecular flexibility index (Phi) is 20.3. The highest BCUT2D eigenvalue weighted by atomic mass is 16.7. The summed E-state index contributed by atoms with van der Waals surface area (Å²) in [6, 6.07) is 16.5. The molecule has 3 aromatic rings. The van der Waals surface area contributed by atoms with E-state index in [0.717, 1.165) is 72.8 Å². The molecule has 0 radical (unpaired) electrons. The molecule has 3 fully saturated rings.